The number of benzene rings is 3. The zero-order valence-corrected chi connectivity index (χ0v) is 20.8. The molecule has 4 rings (SSSR count). The number of halogens is 1. The summed E-state index contributed by atoms with van der Waals surface area (Å²) in [5.74, 6) is -1.38. The second-order valence-corrected chi connectivity index (χ2v) is 8.57. The van der Waals surface area contributed by atoms with Gasteiger partial charge in [0.15, 0.2) is 11.5 Å². The Morgan fingerprint density at radius 2 is 1.74 bits per heavy atom. The molecule has 194 valence electrons. The third kappa shape index (κ3) is 6.29. The number of anilines is 1. The van der Waals surface area contributed by atoms with Gasteiger partial charge in [-0.3, -0.25) is 9.59 Å². The highest BCUT2D eigenvalue weighted by atomic mass is 35.5. The van der Waals surface area contributed by atoms with Gasteiger partial charge in [-0.1, -0.05) is 29.8 Å². The first-order valence-electron chi connectivity index (χ1n) is 11.3. The van der Waals surface area contributed by atoms with E-state index in [4.69, 9.17) is 26.2 Å². The number of imide groups is 1. The fourth-order valence-electron chi connectivity index (χ4n) is 3.56. The average molecular weight is 536 g/mol. The van der Waals surface area contributed by atoms with E-state index in [0.29, 0.717) is 27.8 Å². The quantitative estimate of drug-likeness (QED) is 0.277. The molecule has 0 aromatic heterocycles. The Morgan fingerprint density at radius 3 is 2.39 bits per heavy atom. The largest absolute Gasteiger partial charge is 0.493 e. The average Bonchev–Trinajstić information content (AvgIpc) is 3.16. The first kappa shape index (κ1) is 26.2. The van der Waals surface area contributed by atoms with Gasteiger partial charge >= 0.3 is 12.0 Å². The molecule has 0 atom stereocenters. The Bertz CT molecular complexity index is 1420. The summed E-state index contributed by atoms with van der Waals surface area (Å²) in [6, 6.07) is 17.0. The van der Waals surface area contributed by atoms with Crippen LogP contribution in [0.2, 0.25) is 5.02 Å². The Labute approximate surface area is 222 Å². The van der Waals surface area contributed by atoms with Crippen LogP contribution in [-0.2, 0) is 16.2 Å². The molecule has 4 amide bonds. The van der Waals surface area contributed by atoms with E-state index in [1.54, 1.807) is 54.6 Å². The van der Waals surface area contributed by atoms with Crippen LogP contribution in [0.15, 0.2) is 72.4 Å². The van der Waals surface area contributed by atoms with Crippen LogP contribution in [0.25, 0.3) is 6.08 Å². The number of hydrogen-bond acceptors (Lipinski definition) is 6. The molecule has 0 unspecified atom stereocenters. The molecule has 3 N–H and O–H groups in total. The number of carbonyl (C=O) groups excluding carboxylic acids is 3. The van der Waals surface area contributed by atoms with Crippen LogP contribution >= 0.6 is 11.6 Å². The van der Waals surface area contributed by atoms with E-state index in [2.05, 4.69) is 10.6 Å². The monoisotopic (exact) mass is 535 g/mol. The van der Waals surface area contributed by atoms with Crippen molar-refractivity contribution in [1.82, 2.24) is 10.2 Å². The third-order valence-corrected chi connectivity index (χ3v) is 5.74. The summed E-state index contributed by atoms with van der Waals surface area (Å²) < 4.78 is 11.2. The number of hydrogen-bond donors (Lipinski definition) is 3. The van der Waals surface area contributed by atoms with Gasteiger partial charge in [0.2, 0.25) is 5.91 Å². The fraction of sp³-hybridized carbons (Fsp3) is 0.111. The Hall–Kier alpha value is -4.83. The van der Waals surface area contributed by atoms with Crippen molar-refractivity contribution in [3.05, 3.63) is 94.1 Å². The zero-order chi connectivity index (χ0) is 27.2. The van der Waals surface area contributed by atoms with E-state index >= 15 is 0 Å². The summed E-state index contributed by atoms with van der Waals surface area (Å²) in [5, 5.41) is 14.6. The molecular formula is C27H22ClN3O7. The predicted octanol–water partition coefficient (Wildman–Crippen LogP) is 4.16. The molecule has 1 aliphatic heterocycles. The molecule has 0 spiro atoms. The number of methoxy groups -OCH3 is 1. The molecular weight excluding hydrogens is 514 g/mol. The van der Waals surface area contributed by atoms with Crippen LogP contribution in [0.4, 0.5) is 10.5 Å². The van der Waals surface area contributed by atoms with Crippen LogP contribution in [0.5, 0.6) is 11.5 Å². The van der Waals surface area contributed by atoms with Gasteiger partial charge in [0.25, 0.3) is 5.91 Å². The summed E-state index contributed by atoms with van der Waals surface area (Å²) in [6.07, 6.45) is 1.47. The summed E-state index contributed by atoms with van der Waals surface area (Å²) in [4.78, 5) is 49.3. The van der Waals surface area contributed by atoms with E-state index in [0.717, 1.165) is 10.5 Å². The van der Waals surface area contributed by atoms with E-state index in [1.807, 2.05) is 0 Å². The molecule has 0 saturated carbocycles. The topological polar surface area (TPSA) is 134 Å². The van der Waals surface area contributed by atoms with Crippen LogP contribution in [0.1, 0.15) is 21.5 Å². The maximum absolute atomic E-state index is 12.8. The predicted molar refractivity (Wildman–Crippen MR) is 139 cm³/mol. The summed E-state index contributed by atoms with van der Waals surface area (Å²) in [6.45, 7) is -0.285. The van der Waals surface area contributed by atoms with Gasteiger partial charge in [0.05, 0.1) is 12.7 Å². The molecule has 0 aliphatic carbocycles. The van der Waals surface area contributed by atoms with Crippen LogP contribution in [0.3, 0.4) is 0 Å². The van der Waals surface area contributed by atoms with Crippen molar-refractivity contribution >= 4 is 47.2 Å². The summed E-state index contributed by atoms with van der Waals surface area (Å²) >= 11 is 5.83. The van der Waals surface area contributed by atoms with E-state index in [9.17, 15) is 19.2 Å². The minimum absolute atomic E-state index is 0.00327. The molecule has 3 aromatic rings. The molecule has 10 nitrogen and oxygen atoms in total. The minimum Gasteiger partial charge on any atom is -0.493 e. The summed E-state index contributed by atoms with van der Waals surface area (Å²) in [7, 11) is 1.46. The highest BCUT2D eigenvalue weighted by Crippen LogP contribution is 2.30. The van der Waals surface area contributed by atoms with Crippen molar-refractivity contribution in [2.75, 3.05) is 19.0 Å². The number of urea groups is 1. The lowest BCUT2D eigenvalue weighted by Crippen LogP contribution is -2.38. The molecule has 38 heavy (non-hydrogen) atoms. The first-order valence-corrected chi connectivity index (χ1v) is 11.6. The van der Waals surface area contributed by atoms with Crippen molar-refractivity contribution < 1.29 is 33.8 Å². The van der Waals surface area contributed by atoms with Crippen LogP contribution < -0.4 is 20.1 Å². The number of rotatable bonds is 9. The van der Waals surface area contributed by atoms with Gasteiger partial charge in [-0.2, -0.15) is 0 Å². The summed E-state index contributed by atoms with van der Waals surface area (Å²) in [5.41, 5.74) is 1.98. The van der Waals surface area contributed by atoms with Crippen LogP contribution in [-0.4, -0.2) is 47.5 Å². The lowest BCUT2D eigenvalue weighted by molar-refractivity contribution is -0.127. The number of carbonyl (C=O) groups is 4. The van der Waals surface area contributed by atoms with E-state index in [1.165, 1.54) is 25.3 Å². The van der Waals surface area contributed by atoms with Crippen molar-refractivity contribution in [2.45, 2.75) is 6.61 Å². The van der Waals surface area contributed by atoms with E-state index < -0.39 is 30.4 Å². The van der Waals surface area contributed by atoms with Crippen molar-refractivity contribution in [3.8, 4) is 11.5 Å². The van der Waals surface area contributed by atoms with Gasteiger partial charge in [0, 0.05) is 10.7 Å². The highest BCUT2D eigenvalue weighted by molar-refractivity contribution is 6.30. The molecule has 1 heterocycles. The lowest BCUT2D eigenvalue weighted by atomic mass is 10.1. The molecule has 0 radical (unpaired) electrons. The van der Waals surface area contributed by atoms with Crippen LogP contribution in [0, 0.1) is 0 Å². The maximum atomic E-state index is 12.8. The van der Waals surface area contributed by atoms with Gasteiger partial charge in [-0.15, -0.1) is 0 Å². The van der Waals surface area contributed by atoms with Gasteiger partial charge in [0.1, 0.15) is 18.8 Å². The van der Waals surface area contributed by atoms with E-state index in [-0.39, 0.29) is 17.9 Å². The fourth-order valence-corrected chi connectivity index (χ4v) is 3.68. The molecule has 3 aromatic carbocycles. The minimum atomic E-state index is -1.01. The zero-order valence-electron chi connectivity index (χ0n) is 20.1. The van der Waals surface area contributed by atoms with Crippen molar-refractivity contribution in [3.63, 3.8) is 0 Å². The Morgan fingerprint density at radius 1 is 1.03 bits per heavy atom. The first-order chi connectivity index (χ1) is 18.2. The molecule has 1 fully saturated rings. The highest BCUT2D eigenvalue weighted by Gasteiger charge is 2.35. The lowest BCUT2D eigenvalue weighted by Gasteiger charge is -2.12. The smallest absolute Gasteiger partial charge is 0.335 e. The number of aromatic carboxylic acids is 1. The standard InChI is InChI=1S/C27H22ClN3O7/c1-37-23-13-17(4-11-22(23)38-15-16-2-5-18(6-3-16)26(34)35)12-21-25(33)31(27(36)30-21)14-24(32)29-20-9-7-19(28)8-10-20/h2-13H,14-15H2,1H3,(H,29,32)(H,30,36)(H,34,35)/b21-12-. The number of carboxylic acid groups (broad SMARTS) is 1. The number of nitrogens with one attached hydrogen (secondary N) is 2. The SMILES string of the molecule is COc1cc(/C=C2\NC(=O)N(CC(=O)Nc3ccc(Cl)cc3)C2=O)ccc1OCc1ccc(C(=O)O)cc1. The second-order valence-electron chi connectivity index (χ2n) is 8.14. The van der Waals surface area contributed by atoms with Crippen molar-refractivity contribution in [1.29, 1.82) is 0 Å². The normalized spacial score (nSPS) is 13.8. The molecule has 1 saturated heterocycles. The third-order valence-electron chi connectivity index (χ3n) is 5.49. The Kier molecular flexibility index (Phi) is 7.93. The second kappa shape index (κ2) is 11.5. The maximum Gasteiger partial charge on any atom is 0.335 e. The number of ether oxygens (including phenoxy) is 2. The number of nitrogens with zero attached hydrogens (tertiary/aromatic N) is 1. The van der Waals surface area contributed by atoms with Gasteiger partial charge in [-0.25, -0.2) is 14.5 Å². The number of amides is 4. The molecule has 0 bridgehead atoms. The van der Waals surface area contributed by atoms with Crippen molar-refractivity contribution in [2.24, 2.45) is 0 Å². The molecule has 1 aliphatic rings. The van der Waals surface area contributed by atoms with Gasteiger partial charge < -0.3 is 25.2 Å². The van der Waals surface area contributed by atoms with Gasteiger partial charge in [-0.05, 0) is 65.7 Å². The Balaban J connectivity index is 1.41. The number of carboxylic acids is 1. The molecule has 11 heteroatoms.